The highest BCUT2D eigenvalue weighted by Gasteiger charge is 2.30. The topological polar surface area (TPSA) is 103 Å². The van der Waals surface area contributed by atoms with Crippen molar-refractivity contribution < 1.29 is 18.7 Å². The zero-order valence-electron chi connectivity index (χ0n) is 13.9. The Morgan fingerprint density at radius 3 is 2.46 bits per heavy atom. The standard InChI is InChI=1S/C15H21N3O5S/c1-15(2,3)23-14(19)17-8-6-12(7-9-17)24(22)13-5-4-11(10-16-13)18(20)21/h4-5,10,12H,6-9H2,1-3H3/t24-/m0/s1. The van der Waals surface area contributed by atoms with Gasteiger partial charge in [-0.2, -0.15) is 0 Å². The molecule has 1 atom stereocenters. The van der Waals surface area contributed by atoms with Gasteiger partial charge in [0.1, 0.15) is 16.8 Å². The van der Waals surface area contributed by atoms with Crippen molar-refractivity contribution in [2.24, 2.45) is 0 Å². The highest BCUT2D eigenvalue weighted by atomic mass is 32.2. The Bertz CT molecular complexity index is 634. The molecule has 9 heteroatoms. The van der Waals surface area contributed by atoms with E-state index in [4.69, 9.17) is 4.74 Å². The predicted octanol–water partition coefficient (Wildman–Crippen LogP) is 2.50. The predicted molar refractivity (Wildman–Crippen MR) is 88.1 cm³/mol. The van der Waals surface area contributed by atoms with Crippen LogP contribution in [0.1, 0.15) is 33.6 Å². The molecule has 0 unspecified atom stereocenters. The molecule has 0 bridgehead atoms. The van der Waals surface area contributed by atoms with E-state index in [0.29, 0.717) is 31.0 Å². The summed E-state index contributed by atoms with van der Waals surface area (Å²) in [6, 6.07) is 2.73. The second-order valence-corrected chi connectivity index (χ2v) is 8.26. The van der Waals surface area contributed by atoms with Gasteiger partial charge in [-0.3, -0.25) is 14.3 Å². The summed E-state index contributed by atoms with van der Waals surface area (Å²) in [6.07, 6.45) is 1.90. The van der Waals surface area contributed by atoms with Gasteiger partial charge in [0.25, 0.3) is 5.69 Å². The number of carbonyl (C=O) groups excluding carboxylic acids is 1. The van der Waals surface area contributed by atoms with E-state index in [0.717, 1.165) is 6.20 Å². The average Bonchev–Trinajstić information content (AvgIpc) is 2.53. The molecule has 1 aliphatic heterocycles. The van der Waals surface area contributed by atoms with E-state index in [9.17, 15) is 19.1 Å². The van der Waals surface area contributed by atoms with E-state index in [-0.39, 0.29) is 17.0 Å². The maximum absolute atomic E-state index is 12.5. The summed E-state index contributed by atoms with van der Waals surface area (Å²) in [7, 11) is -1.35. The fourth-order valence-corrected chi connectivity index (χ4v) is 3.69. The van der Waals surface area contributed by atoms with E-state index in [1.807, 2.05) is 20.8 Å². The summed E-state index contributed by atoms with van der Waals surface area (Å²) in [4.78, 5) is 27.6. The Labute approximate surface area is 142 Å². The number of likely N-dealkylation sites (tertiary alicyclic amines) is 1. The molecule has 1 saturated heterocycles. The molecule has 1 aliphatic rings. The molecule has 2 heterocycles. The lowest BCUT2D eigenvalue weighted by molar-refractivity contribution is -0.385. The Morgan fingerprint density at radius 1 is 1.38 bits per heavy atom. The highest BCUT2D eigenvalue weighted by molar-refractivity contribution is 7.85. The molecule has 8 nitrogen and oxygen atoms in total. The van der Waals surface area contributed by atoms with Crippen molar-refractivity contribution in [1.29, 1.82) is 0 Å². The van der Waals surface area contributed by atoms with Gasteiger partial charge in [0.15, 0.2) is 0 Å². The Hall–Kier alpha value is -2.03. The molecule has 0 aliphatic carbocycles. The van der Waals surface area contributed by atoms with Gasteiger partial charge < -0.3 is 9.64 Å². The van der Waals surface area contributed by atoms with Gasteiger partial charge in [-0.05, 0) is 39.7 Å². The lowest BCUT2D eigenvalue weighted by Gasteiger charge is -2.32. The van der Waals surface area contributed by atoms with Crippen LogP contribution in [0.15, 0.2) is 23.4 Å². The van der Waals surface area contributed by atoms with E-state index in [1.165, 1.54) is 12.1 Å². The number of pyridine rings is 1. The summed E-state index contributed by atoms with van der Waals surface area (Å²) in [6.45, 7) is 6.38. The van der Waals surface area contributed by atoms with Crippen LogP contribution in [0.5, 0.6) is 0 Å². The fourth-order valence-electron chi connectivity index (χ4n) is 2.35. The first-order chi connectivity index (χ1) is 11.2. The van der Waals surface area contributed by atoms with Gasteiger partial charge in [0.05, 0.1) is 15.7 Å². The second kappa shape index (κ2) is 7.25. The van der Waals surface area contributed by atoms with Gasteiger partial charge >= 0.3 is 6.09 Å². The second-order valence-electron chi connectivity index (χ2n) is 6.58. The lowest BCUT2D eigenvalue weighted by atomic mass is 10.1. The van der Waals surface area contributed by atoms with Crippen LogP contribution in [0, 0.1) is 10.1 Å². The van der Waals surface area contributed by atoms with E-state index in [1.54, 1.807) is 4.90 Å². The summed E-state index contributed by atoms with van der Waals surface area (Å²) in [5.74, 6) is 0. The minimum atomic E-state index is -1.35. The van der Waals surface area contributed by atoms with Crippen LogP contribution in [-0.2, 0) is 15.5 Å². The molecule has 0 radical (unpaired) electrons. The molecule has 24 heavy (non-hydrogen) atoms. The van der Waals surface area contributed by atoms with Crippen molar-refractivity contribution in [1.82, 2.24) is 9.88 Å². The third-order valence-corrected chi connectivity index (χ3v) is 5.26. The van der Waals surface area contributed by atoms with Crippen LogP contribution in [0.25, 0.3) is 0 Å². The third kappa shape index (κ3) is 4.73. The monoisotopic (exact) mass is 355 g/mol. The first-order valence-corrected chi connectivity index (χ1v) is 8.87. The zero-order valence-corrected chi connectivity index (χ0v) is 14.7. The number of hydrogen-bond donors (Lipinski definition) is 0. The SMILES string of the molecule is CC(C)(C)OC(=O)N1CCC([S@](=O)c2ccc([N+](=O)[O-])cn2)CC1. The van der Waals surface area contributed by atoms with Crippen LogP contribution in [0.2, 0.25) is 0 Å². The van der Waals surface area contributed by atoms with E-state index >= 15 is 0 Å². The van der Waals surface area contributed by atoms with Crippen molar-refractivity contribution in [2.75, 3.05) is 13.1 Å². The molecule has 132 valence electrons. The van der Waals surface area contributed by atoms with Crippen LogP contribution >= 0.6 is 0 Å². The van der Waals surface area contributed by atoms with Crippen LogP contribution in [-0.4, -0.2) is 49.0 Å². The van der Waals surface area contributed by atoms with Crippen LogP contribution < -0.4 is 0 Å². The number of amides is 1. The number of aromatic nitrogens is 1. The summed E-state index contributed by atoms with van der Waals surface area (Å²) in [5.41, 5.74) is -0.671. The normalized spacial score (nSPS) is 17.4. The quantitative estimate of drug-likeness (QED) is 0.609. The van der Waals surface area contributed by atoms with Crippen molar-refractivity contribution in [2.45, 2.75) is 49.5 Å². The largest absolute Gasteiger partial charge is 0.444 e. The summed E-state index contributed by atoms with van der Waals surface area (Å²) >= 11 is 0. The van der Waals surface area contributed by atoms with Crippen molar-refractivity contribution in [3.05, 3.63) is 28.4 Å². The number of carbonyl (C=O) groups is 1. The number of ether oxygens (including phenoxy) is 1. The van der Waals surface area contributed by atoms with Gasteiger partial charge in [0.2, 0.25) is 0 Å². The zero-order chi connectivity index (χ0) is 17.9. The number of piperidine rings is 1. The maximum atomic E-state index is 12.5. The maximum Gasteiger partial charge on any atom is 0.410 e. The van der Waals surface area contributed by atoms with E-state index in [2.05, 4.69) is 4.98 Å². The van der Waals surface area contributed by atoms with Gasteiger partial charge in [-0.1, -0.05) is 0 Å². The van der Waals surface area contributed by atoms with Crippen molar-refractivity contribution in [3.63, 3.8) is 0 Å². The smallest absolute Gasteiger partial charge is 0.410 e. The van der Waals surface area contributed by atoms with Crippen molar-refractivity contribution >= 4 is 22.6 Å². The third-order valence-electron chi connectivity index (χ3n) is 3.53. The van der Waals surface area contributed by atoms with Crippen molar-refractivity contribution in [3.8, 4) is 0 Å². The highest BCUT2D eigenvalue weighted by Crippen LogP contribution is 2.22. The number of rotatable bonds is 3. The summed E-state index contributed by atoms with van der Waals surface area (Å²) < 4.78 is 17.9. The molecule has 0 aromatic carbocycles. The molecule has 0 spiro atoms. The molecule has 1 aromatic rings. The molecular weight excluding hydrogens is 334 g/mol. The minimum Gasteiger partial charge on any atom is -0.444 e. The average molecular weight is 355 g/mol. The molecular formula is C15H21N3O5S. The number of hydrogen-bond acceptors (Lipinski definition) is 6. The van der Waals surface area contributed by atoms with Crippen LogP contribution in [0.3, 0.4) is 0 Å². The molecule has 1 fully saturated rings. The minimum absolute atomic E-state index is 0.127. The first kappa shape index (κ1) is 18.3. The lowest BCUT2D eigenvalue weighted by Crippen LogP contribution is -2.43. The number of nitro groups is 1. The van der Waals surface area contributed by atoms with Gasteiger partial charge in [-0.15, -0.1) is 0 Å². The number of nitrogens with zero attached hydrogens (tertiary/aromatic N) is 3. The Balaban J connectivity index is 1.93. The Morgan fingerprint density at radius 2 is 2.00 bits per heavy atom. The summed E-state index contributed by atoms with van der Waals surface area (Å²) in [5, 5.41) is 10.8. The fraction of sp³-hybridized carbons (Fsp3) is 0.600. The van der Waals surface area contributed by atoms with E-state index < -0.39 is 21.3 Å². The molecule has 0 saturated carbocycles. The molecule has 0 N–H and O–H groups in total. The molecule has 1 amide bonds. The molecule has 2 rings (SSSR count). The molecule has 1 aromatic heterocycles. The Kier molecular flexibility index (Phi) is 5.53. The first-order valence-electron chi connectivity index (χ1n) is 7.66. The van der Waals surface area contributed by atoms with Crippen LogP contribution in [0.4, 0.5) is 10.5 Å². The van der Waals surface area contributed by atoms with Gasteiger partial charge in [-0.25, -0.2) is 9.78 Å². The van der Waals surface area contributed by atoms with Gasteiger partial charge in [0, 0.05) is 24.4 Å².